The van der Waals surface area contributed by atoms with Crippen molar-refractivity contribution >= 4 is 5.91 Å². The van der Waals surface area contributed by atoms with Crippen LogP contribution in [0.2, 0.25) is 0 Å². The molecule has 2 rings (SSSR count). The van der Waals surface area contributed by atoms with Crippen LogP contribution in [0, 0.1) is 0 Å². The number of carbonyl (C=O) groups is 1. The van der Waals surface area contributed by atoms with Crippen LogP contribution in [0.1, 0.15) is 23.2 Å². The van der Waals surface area contributed by atoms with E-state index in [2.05, 4.69) is 0 Å². The van der Waals surface area contributed by atoms with Crippen molar-refractivity contribution in [3.8, 4) is 11.5 Å². The predicted molar refractivity (Wildman–Crippen MR) is 65.8 cm³/mol. The summed E-state index contributed by atoms with van der Waals surface area (Å²) in [5.41, 5.74) is 0.241. The lowest BCUT2D eigenvalue weighted by molar-refractivity contribution is 0.0471. The maximum Gasteiger partial charge on any atom is 0.257 e. The molecule has 1 fully saturated rings. The van der Waals surface area contributed by atoms with Gasteiger partial charge in [-0.1, -0.05) is 0 Å². The molecule has 98 valence electrons. The van der Waals surface area contributed by atoms with Gasteiger partial charge in [0.05, 0.1) is 18.8 Å². The van der Waals surface area contributed by atoms with E-state index in [4.69, 9.17) is 4.74 Å². The van der Waals surface area contributed by atoms with Crippen LogP contribution in [0.25, 0.3) is 0 Å². The van der Waals surface area contributed by atoms with Crippen LogP contribution in [0.5, 0.6) is 11.5 Å². The van der Waals surface area contributed by atoms with E-state index < -0.39 is 6.10 Å². The number of benzene rings is 1. The number of hydrogen-bond acceptors (Lipinski definition) is 4. The quantitative estimate of drug-likeness (QED) is 0.822. The third-order valence-electron chi connectivity index (χ3n) is 3.12. The van der Waals surface area contributed by atoms with Crippen molar-refractivity contribution in [2.75, 3.05) is 20.2 Å². The molecule has 1 aromatic rings. The Morgan fingerprint density at radius 2 is 2.28 bits per heavy atom. The number of β-amino-alcohol motifs (C(OH)–C–C–N with tert-alkyl or cyclic N) is 1. The zero-order valence-electron chi connectivity index (χ0n) is 10.3. The number of aromatic hydroxyl groups is 1. The summed E-state index contributed by atoms with van der Waals surface area (Å²) in [7, 11) is 1.50. The number of likely N-dealkylation sites (tertiary alicyclic amines) is 1. The summed E-state index contributed by atoms with van der Waals surface area (Å²) in [6.45, 7) is 0.936. The first kappa shape index (κ1) is 12.7. The third-order valence-corrected chi connectivity index (χ3v) is 3.12. The molecule has 1 aliphatic heterocycles. The van der Waals surface area contributed by atoms with Gasteiger partial charge in [0.2, 0.25) is 0 Å². The van der Waals surface area contributed by atoms with Crippen molar-refractivity contribution in [3.63, 3.8) is 0 Å². The molecule has 5 nitrogen and oxygen atoms in total. The van der Waals surface area contributed by atoms with Crippen LogP contribution in [0.4, 0.5) is 0 Å². The Hall–Kier alpha value is -1.75. The average molecular weight is 251 g/mol. The molecule has 1 aromatic carbocycles. The van der Waals surface area contributed by atoms with Crippen molar-refractivity contribution in [1.29, 1.82) is 0 Å². The van der Waals surface area contributed by atoms with Crippen molar-refractivity contribution in [2.24, 2.45) is 0 Å². The first-order valence-electron chi connectivity index (χ1n) is 5.96. The topological polar surface area (TPSA) is 70.0 Å². The lowest BCUT2D eigenvalue weighted by atomic mass is 10.1. The Bertz CT molecular complexity index is 447. The highest BCUT2D eigenvalue weighted by Gasteiger charge is 2.24. The summed E-state index contributed by atoms with van der Waals surface area (Å²) >= 11 is 0. The largest absolute Gasteiger partial charge is 0.507 e. The van der Waals surface area contributed by atoms with Gasteiger partial charge in [-0.3, -0.25) is 4.79 Å². The van der Waals surface area contributed by atoms with Crippen molar-refractivity contribution in [1.82, 2.24) is 4.90 Å². The fourth-order valence-electron chi connectivity index (χ4n) is 2.13. The van der Waals surface area contributed by atoms with Gasteiger partial charge in [0, 0.05) is 19.2 Å². The van der Waals surface area contributed by atoms with E-state index in [-0.39, 0.29) is 17.2 Å². The first-order valence-corrected chi connectivity index (χ1v) is 5.96. The molecule has 0 aromatic heterocycles. The van der Waals surface area contributed by atoms with E-state index in [0.29, 0.717) is 18.8 Å². The molecular formula is C13H17NO4. The lowest BCUT2D eigenvalue weighted by Gasteiger charge is -2.30. The number of carbonyl (C=O) groups excluding carboxylic acids is 1. The molecule has 0 spiro atoms. The number of phenols is 1. The van der Waals surface area contributed by atoms with Crippen molar-refractivity contribution in [2.45, 2.75) is 18.9 Å². The normalized spacial score (nSPS) is 19.7. The van der Waals surface area contributed by atoms with Gasteiger partial charge in [-0.2, -0.15) is 0 Å². The molecule has 0 bridgehead atoms. The van der Waals surface area contributed by atoms with Gasteiger partial charge in [-0.25, -0.2) is 0 Å². The van der Waals surface area contributed by atoms with Gasteiger partial charge in [0.15, 0.2) is 0 Å². The lowest BCUT2D eigenvalue weighted by Crippen LogP contribution is -2.42. The number of amides is 1. The first-order chi connectivity index (χ1) is 8.61. The maximum absolute atomic E-state index is 12.2. The fourth-order valence-corrected chi connectivity index (χ4v) is 2.13. The van der Waals surface area contributed by atoms with E-state index in [0.717, 1.165) is 12.8 Å². The minimum absolute atomic E-state index is 0.0978. The van der Waals surface area contributed by atoms with Crippen LogP contribution >= 0.6 is 0 Å². The number of ether oxygens (including phenoxy) is 1. The third kappa shape index (κ3) is 2.56. The average Bonchev–Trinajstić information content (AvgIpc) is 2.37. The molecule has 5 heteroatoms. The molecule has 1 aliphatic rings. The summed E-state index contributed by atoms with van der Waals surface area (Å²) in [4.78, 5) is 13.7. The zero-order chi connectivity index (χ0) is 13.1. The molecule has 1 heterocycles. The monoisotopic (exact) mass is 251 g/mol. The van der Waals surface area contributed by atoms with Crippen LogP contribution in [0.3, 0.4) is 0 Å². The smallest absolute Gasteiger partial charge is 0.257 e. The summed E-state index contributed by atoms with van der Waals surface area (Å²) < 4.78 is 4.97. The number of aliphatic hydroxyl groups is 1. The fraction of sp³-hybridized carbons (Fsp3) is 0.462. The molecule has 1 amide bonds. The van der Waals surface area contributed by atoms with Gasteiger partial charge >= 0.3 is 0 Å². The second-order valence-electron chi connectivity index (χ2n) is 4.43. The van der Waals surface area contributed by atoms with E-state index in [1.807, 2.05) is 0 Å². The highest BCUT2D eigenvalue weighted by atomic mass is 16.5. The SMILES string of the molecule is COc1ccc(C(=O)N2CCC[C@H](O)C2)c(O)c1. The highest BCUT2D eigenvalue weighted by Crippen LogP contribution is 2.25. The Labute approximate surface area is 106 Å². The number of aliphatic hydroxyl groups excluding tert-OH is 1. The van der Waals surface area contributed by atoms with E-state index in [9.17, 15) is 15.0 Å². The van der Waals surface area contributed by atoms with Crippen LogP contribution in [-0.2, 0) is 0 Å². The number of hydrogen-bond donors (Lipinski definition) is 2. The molecule has 0 aliphatic carbocycles. The number of rotatable bonds is 2. The second kappa shape index (κ2) is 5.27. The maximum atomic E-state index is 12.2. The Morgan fingerprint density at radius 3 is 2.89 bits per heavy atom. The van der Waals surface area contributed by atoms with Gasteiger partial charge in [-0.05, 0) is 25.0 Å². The summed E-state index contributed by atoms with van der Waals surface area (Å²) in [5, 5.41) is 19.3. The van der Waals surface area contributed by atoms with Crippen LogP contribution in [0.15, 0.2) is 18.2 Å². The Kier molecular flexibility index (Phi) is 3.72. The van der Waals surface area contributed by atoms with Crippen molar-refractivity contribution < 1.29 is 19.7 Å². The minimum atomic E-state index is -0.469. The van der Waals surface area contributed by atoms with Crippen LogP contribution < -0.4 is 4.74 Å². The minimum Gasteiger partial charge on any atom is -0.507 e. The highest BCUT2D eigenvalue weighted by molar-refractivity contribution is 5.97. The molecule has 1 saturated heterocycles. The number of methoxy groups -OCH3 is 1. The number of nitrogens with zero attached hydrogens (tertiary/aromatic N) is 1. The second-order valence-corrected chi connectivity index (χ2v) is 4.43. The summed E-state index contributed by atoms with van der Waals surface area (Å²) in [5.74, 6) is 0.149. The van der Waals surface area contributed by atoms with E-state index in [1.165, 1.54) is 19.2 Å². The van der Waals surface area contributed by atoms with Gasteiger partial charge < -0.3 is 19.8 Å². The molecule has 18 heavy (non-hydrogen) atoms. The number of piperidine rings is 1. The van der Waals surface area contributed by atoms with Gasteiger partial charge in [-0.15, -0.1) is 0 Å². The molecular weight excluding hydrogens is 234 g/mol. The number of phenolic OH excluding ortho intramolecular Hbond substituents is 1. The molecule has 0 saturated carbocycles. The predicted octanol–water partition coefficient (Wildman–Crippen LogP) is 0.998. The molecule has 0 unspecified atom stereocenters. The molecule has 2 N–H and O–H groups in total. The standard InChI is InChI=1S/C13H17NO4/c1-18-10-4-5-11(12(16)7-10)13(17)14-6-2-3-9(15)8-14/h4-5,7,9,15-16H,2-3,6,8H2,1H3/t9-/m0/s1. The molecule has 0 radical (unpaired) electrons. The summed E-state index contributed by atoms with van der Waals surface area (Å²) in [6.07, 6.45) is 1.03. The van der Waals surface area contributed by atoms with E-state index in [1.54, 1.807) is 11.0 Å². The van der Waals surface area contributed by atoms with Crippen LogP contribution in [-0.4, -0.2) is 47.3 Å². The Balaban J connectivity index is 2.17. The zero-order valence-corrected chi connectivity index (χ0v) is 10.3. The van der Waals surface area contributed by atoms with E-state index >= 15 is 0 Å². The summed E-state index contributed by atoms with van der Waals surface area (Å²) in [6, 6.07) is 4.58. The molecule has 1 atom stereocenters. The Morgan fingerprint density at radius 1 is 1.50 bits per heavy atom. The van der Waals surface area contributed by atoms with Gasteiger partial charge in [0.25, 0.3) is 5.91 Å². The van der Waals surface area contributed by atoms with Crippen molar-refractivity contribution in [3.05, 3.63) is 23.8 Å². The van der Waals surface area contributed by atoms with Gasteiger partial charge in [0.1, 0.15) is 11.5 Å².